The Morgan fingerprint density at radius 2 is 1.42 bits per heavy atom. The molecule has 31 heavy (non-hydrogen) atoms. The van der Waals surface area contributed by atoms with Gasteiger partial charge in [0.1, 0.15) is 0 Å². The molecule has 5 heteroatoms. The lowest BCUT2D eigenvalue weighted by Gasteiger charge is -2.35. The third kappa shape index (κ3) is 4.84. The molecule has 0 radical (unpaired) electrons. The molecule has 0 bridgehead atoms. The average Bonchev–Trinajstić information content (AvgIpc) is 2.84. The Labute approximate surface area is 183 Å². The lowest BCUT2D eigenvalue weighted by atomic mass is 10.0. The molecule has 4 rings (SSSR count). The molecule has 0 saturated carbocycles. The molecule has 1 heterocycles. The molecule has 1 aliphatic rings. The minimum absolute atomic E-state index is 0.00113. The first-order valence-corrected chi connectivity index (χ1v) is 10.8. The summed E-state index contributed by atoms with van der Waals surface area (Å²) in [5.41, 5.74) is 3.63. The summed E-state index contributed by atoms with van der Waals surface area (Å²) in [7, 11) is 0. The van der Waals surface area contributed by atoms with Gasteiger partial charge in [-0.25, -0.2) is 0 Å². The van der Waals surface area contributed by atoms with Crippen molar-refractivity contribution in [2.24, 2.45) is 0 Å². The highest BCUT2D eigenvalue weighted by molar-refractivity contribution is 5.97. The highest BCUT2D eigenvalue weighted by Gasteiger charge is 2.31. The van der Waals surface area contributed by atoms with Gasteiger partial charge in [0.2, 0.25) is 0 Å². The zero-order valence-corrected chi connectivity index (χ0v) is 17.8. The van der Waals surface area contributed by atoms with E-state index >= 15 is 0 Å². The van der Waals surface area contributed by atoms with Crippen molar-refractivity contribution in [2.45, 2.75) is 13.0 Å². The number of anilines is 1. The van der Waals surface area contributed by atoms with Crippen molar-refractivity contribution in [2.75, 3.05) is 31.5 Å². The van der Waals surface area contributed by atoms with Crippen LogP contribution >= 0.6 is 0 Å². The van der Waals surface area contributed by atoms with Crippen LogP contribution in [-0.2, 0) is 4.79 Å². The largest absolute Gasteiger partial charge is 0.327 e. The number of carbonyl (C=O) groups excluding carboxylic acids is 2. The average molecular weight is 415 g/mol. The molecule has 2 N–H and O–H groups in total. The van der Waals surface area contributed by atoms with Crippen LogP contribution in [0.4, 0.5) is 5.69 Å². The van der Waals surface area contributed by atoms with E-state index < -0.39 is 0 Å². The van der Waals surface area contributed by atoms with Gasteiger partial charge in [-0.1, -0.05) is 66.7 Å². The maximum atomic E-state index is 13.0. The molecule has 0 unspecified atom stereocenters. The SMILES string of the molecule is C[C@@H](C(=O)Nc1ccccc1-c1ccccc1)[NH+]1CCN(C(=O)c2ccccc2)CC1. The first-order chi connectivity index (χ1) is 15.1. The zero-order valence-electron chi connectivity index (χ0n) is 17.8. The lowest BCUT2D eigenvalue weighted by molar-refractivity contribution is -0.917. The topological polar surface area (TPSA) is 53.9 Å². The maximum Gasteiger partial charge on any atom is 0.282 e. The van der Waals surface area contributed by atoms with Crippen LogP contribution in [0.3, 0.4) is 0 Å². The minimum atomic E-state index is -0.196. The van der Waals surface area contributed by atoms with Crippen molar-refractivity contribution >= 4 is 17.5 Å². The van der Waals surface area contributed by atoms with E-state index in [0.717, 1.165) is 29.9 Å². The van der Waals surface area contributed by atoms with Gasteiger partial charge in [0.15, 0.2) is 6.04 Å². The van der Waals surface area contributed by atoms with E-state index in [4.69, 9.17) is 0 Å². The molecule has 5 nitrogen and oxygen atoms in total. The van der Waals surface area contributed by atoms with E-state index in [1.807, 2.05) is 96.8 Å². The van der Waals surface area contributed by atoms with Crippen LogP contribution in [0.1, 0.15) is 17.3 Å². The Morgan fingerprint density at radius 3 is 2.10 bits per heavy atom. The molecule has 2 amide bonds. The number of nitrogens with one attached hydrogen (secondary N) is 2. The van der Waals surface area contributed by atoms with Crippen molar-refractivity contribution < 1.29 is 14.5 Å². The van der Waals surface area contributed by atoms with Gasteiger partial charge in [-0.2, -0.15) is 0 Å². The fourth-order valence-electron chi connectivity index (χ4n) is 4.08. The molecule has 158 valence electrons. The number of amides is 2. The second kappa shape index (κ2) is 9.58. The van der Waals surface area contributed by atoms with Crippen molar-refractivity contribution in [3.8, 4) is 11.1 Å². The van der Waals surface area contributed by atoms with Crippen molar-refractivity contribution in [3.63, 3.8) is 0 Å². The molecule has 0 aliphatic carbocycles. The predicted octanol–water partition coefficient (Wildman–Crippen LogP) is 2.72. The molecule has 0 spiro atoms. The third-order valence-electron chi connectivity index (χ3n) is 5.99. The summed E-state index contributed by atoms with van der Waals surface area (Å²) >= 11 is 0. The molecule has 3 aromatic rings. The van der Waals surface area contributed by atoms with Crippen LogP contribution in [-0.4, -0.2) is 48.9 Å². The predicted molar refractivity (Wildman–Crippen MR) is 123 cm³/mol. The Hall–Kier alpha value is -3.44. The summed E-state index contributed by atoms with van der Waals surface area (Å²) in [4.78, 5) is 28.8. The van der Waals surface area contributed by atoms with Gasteiger partial charge >= 0.3 is 0 Å². The van der Waals surface area contributed by atoms with Crippen LogP contribution in [0, 0.1) is 0 Å². The Bertz CT molecular complexity index is 1030. The van der Waals surface area contributed by atoms with Crippen molar-refractivity contribution in [1.82, 2.24) is 4.90 Å². The van der Waals surface area contributed by atoms with E-state index in [1.54, 1.807) is 0 Å². The fourth-order valence-corrected chi connectivity index (χ4v) is 4.08. The standard InChI is InChI=1S/C26H27N3O2/c1-20(28-16-18-29(19-17-28)26(31)22-12-6-3-7-13-22)25(30)27-24-15-9-8-14-23(24)21-10-4-2-5-11-21/h2-15,20H,16-19H2,1H3,(H,27,30)/p+1/t20-/m0/s1. The highest BCUT2D eigenvalue weighted by Crippen LogP contribution is 2.27. The third-order valence-corrected chi connectivity index (χ3v) is 5.99. The lowest BCUT2D eigenvalue weighted by Crippen LogP contribution is -3.19. The van der Waals surface area contributed by atoms with Crippen LogP contribution in [0.25, 0.3) is 11.1 Å². The number of hydrogen-bond donors (Lipinski definition) is 2. The summed E-state index contributed by atoms with van der Waals surface area (Å²) in [6.45, 7) is 4.79. The summed E-state index contributed by atoms with van der Waals surface area (Å²) < 4.78 is 0. The Morgan fingerprint density at radius 1 is 0.839 bits per heavy atom. The Balaban J connectivity index is 1.38. The summed E-state index contributed by atoms with van der Waals surface area (Å²) in [6.07, 6.45) is 0. The number of piperazine rings is 1. The van der Waals surface area contributed by atoms with Crippen molar-refractivity contribution in [3.05, 3.63) is 90.5 Å². The number of rotatable bonds is 5. The molecule has 1 aliphatic heterocycles. The van der Waals surface area contributed by atoms with Crippen LogP contribution in [0.2, 0.25) is 0 Å². The Kier molecular flexibility index (Phi) is 6.43. The van der Waals surface area contributed by atoms with Gasteiger partial charge < -0.3 is 15.1 Å². The van der Waals surface area contributed by atoms with E-state index in [9.17, 15) is 9.59 Å². The van der Waals surface area contributed by atoms with E-state index in [1.165, 1.54) is 4.90 Å². The van der Waals surface area contributed by atoms with E-state index in [0.29, 0.717) is 18.7 Å². The fraction of sp³-hybridized carbons (Fsp3) is 0.231. The van der Waals surface area contributed by atoms with E-state index in [2.05, 4.69) is 5.32 Å². The highest BCUT2D eigenvalue weighted by atomic mass is 16.2. The summed E-state index contributed by atoms with van der Waals surface area (Å²) in [5.74, 6) is 0.0646. The number of carbonyl (C=O) groups is 2. The van der Waals surface area contributed by atoms with Crippen LogP contribution < -0.4 is 10.2 Å². The first kappa shape index (κ1) is 20.8. The number of nitrogens with zero attached hydrogens (tertiary/aromatic N) is 1. The number of quaternary nitrogens is 1. The van der Waals surface area contributed by atoms with Gasteiger partial charge in [-0.05, 0) is 30.7 Å². The van der Waals surface area contributed by atoms with Gasteiger partial charge in [0.25, 0.3) is 11.8 Å². The monoisotopic (exact) mass is 414 g/mol. The number of para-hydroxylation sites is 1. The van der Waals surface area contributed by atoms with Crippen molar-refractivity contribution in [1.29, 1.82) is 0 Å². The van der Waals surface area contributed by atoms with Gasteiger partial charge in [0, 0.05) is 16.8 Å². The smallest absolute Gasteiger partial charge is 0.282 e. The van der Waals surface area contributed by atoms with Gasteiger partial charge in [-0.15, -0.1) is 0 Å². The number of hydrogen-bond acceptors (Lipinski definition) is 2. The second-order valence-electron chi connectivity index (χ2n) is 7.94. The van der Waals surface area contributed by atoms with Crippen LogP contribution in [0.15, 0.2) is 84.9 Å². The number of benzene rings is 3. The van der Waals surface area contributed by atoms with Crippen LogP contribution in [0.5, 0.6) is 0 Å². The molecular weight excluding hydrogens is 386 g/mol. The summed E-state index contributed by atoms with van der Waals surface area (Å²) in [6, 6.07) is 27.1. The molecule has 0 aromatic heterocycles. The quantitative estimate of drug-likeness (QED) is 0.675. The van der Waals surface area contributed by atoms with Gasteiger partial charge in [-0.3, -0.25) is 9.59 Å². The minimum Gasteiger partial charge on any atom is -0.327 e. The normalized spacial score (nSPS) is 15.3. The molecule has 1 saturated heterocycles. The molecular formula is C26H28N3O2+. The second-order valence-corrected chi connectivity index (χ2v) is 7.94. The van der Waals surface area contributed by atoms with E-state index in [-0.39, 0.29) is 17.9 Å². The molecule has 3 aromatic carbocycles. The first-order valence-electron chi connectivity index (χ1n) is 10.8. The zero-order chi connectivity index (χ0) is 21.6. The summed E-state index contributed by atoms with van der Waals surface area (Å²) in [5, 5.41) is 3.13. The molecule has 1 fully saturated rings. The maximum absolute atomic E-state index is 13.0. The molecule has 1 atom stereocenters. The van der Waals surface area contributed by atoms with Gasteiger partial charge in [0.05, 0.1) is 26.2 Å².